The molecule has 0 bridgehead atoms. The molecule has 1 N–H and O–H groups in total. The van der Waals surface area contributed by atoms with E-state index in [4.69, 9.17) is 0 Å². The van der Waals surface area contributed by atoms with Crippen LogP contribution in [-0.2, 0) is 9.59 Å². The summed E-state index contributed by atoms with van der Waals surface area (Å²) in [7, 11) is 0. The maximum Gasteiger partial charge on any atom is 0.225 e. The molecule has 0 saturated heterocycles. The van der Waals surface area contributed by atoms with Gasteiger partial charge in [-0.05, 0) is 32.6 Å². The van der Waals surface area contributed by atoms with Gasteiger partial charge in [0.25, 0.3) is 0 Å². The van der Waals surface area contributed by atoms with Crippen LogP contribution in [0, 0.1) is 11.3 Å². The van der Waals surface area contributed by atoms with Gasteiger partial charge in [-0.3, -0.25) is 9.59 Å². The molecule has 3 nitrogen and oxygen atoms in total. The first-order valence-corrected chi connectivity index (χ1v) is 6.12. The van der Waals surface area contributed by atoms with Crippen molar-refractivity contribution in [2.75, 3.05) is 0 Å². The zero-order valence-electron chi connectivity index (χ0n) is 10.8. The summed E-state index contributed by atoms with van der Waals surface area (Å²) in [5.41, 5.74) is -0.322. The smallest absolute Gasteiger partial charge is 0.225 e. The summed E-state index contributed by atoms with van der Waals surface area (Å²) in [6, 6.07) is 0.266. The minimum atomic E-state index is -0.322. The molecule has 0 heterocycles. The Morgan fingerprint density at radius 2 is 1.56 bits per heavy atom. The third-order valence-electron chi connectivity index (χ3n) is 3.32. The number of amides is 1. The number of hydrogen-bond acceptors (Lipinski definition) is 2. The van der Waals surface area contributed by atoms with Gasteiger partial charge in [-0.25, -0.2) is 0 Å². The predicted molar refractivity (Wildman–Crippen MR) is 64.0 cm³/mol. The van der Waals surface area contributed by atoms with Crippen LogP contribution < -0.4 is 5.32 Å². The lowest BCUT2D eigenvalue weighted by molar-refractivity contribution is -0.129. The highest BCUT2D eigenvalue weighted by Gasteiger charge is 2.28. The molecule has 16 heavy (non-hydrogen) atoms. The van der Waals surface area contributed by atoms with Gasteiger partial charge in [-0.15, -0.1) is 0 Å². The summed E-state index contributed by atoms with van der Waals surface area (Å²) in [6.45, 7) is 7.43. The highest BCUT2D eigenvalue weighted by atomic mass is 16.2. The number of nitrogens with one attached hydrogen (secondary N) is 1. The second kappa shape index (κ2) is 4.98. The first kappa shape index (κ1) is 13.2. The van der Waals surface area contributed by atoms with Gasteiger partial charge in [0.2, 0.25) is 5.91 Å². The molecule has 3 heteroatoms. The largest absolute Gasteiger partial charge is 0.353 e. The van der Waals surface area contributed by atoms with E-state index in [1.54, 1.807) is 6.92 Å². The topological polar surface area (TPSA) is 46.2 Å². The van der Waals surface area contributed by atoms with Gasteiger partial charge < -0.3 is 5.32 Å². The zero-order chi connectivity index (χ0) is 12.3. The van der Waals surface area contributed by atoms with Gasteiger partial charge in [0.1, 0.15) is 5.78 Å². The van der Waals surface area contributed by atoms with E-state index in [1.807, 2.05) is 20.8 Å². The summed E-state index contributed by atoms with van der Waals surface area (Å²) in [4.78, 5) is 23.0. The van der Waals surface area contributed by atoms with Crippen LogP contribution >= 0.6 is 0 Å². The molecule has 1 fully saturated rings. The Balaban J connectivity index is 2.38. The highest BCUT2D eigenvalue weighted by molar-refractivity contribution is 5.81. The molecule has 1 amide bonds. The van der Waals surface area contributed by atoms with E-state index in [2.05, 4.69) is 5.32 Å². The SMILES string of the molecule is CC(=O)[C@H]1CC[C@H](NC(=O)C(C)(C)C)CC1. The first-order chi connectivity index (χ1) is 7.30. The number of carbonyl (C=O) groups excluding carboxylic acids is 2. The summed E-state index contributed by atoms with van der Waals surface area (Å²) >= 11 is 0. The van der Waals surface area contributed by atoms with Crippen molar-refractivity contribution in [3.05, 3.63) is 0 Å². The molecule has 0 aliphatic heterocycles. The van der Waals surface area contributed by atoms with E-state index >= 15 is 0 Å². The van der Waals surface area contributed by atoms with E-state index in [0.717, 1.165) is 25.7 Å². The van der Waals surface area contributed by atoms with Crippen LogP contribution in [0.25, 0.3) is 0 Å². The Morgan fingerprint density at radius 3 is 1.94 bits per heavy atom. The average Bonchev–Trinajstić information content (AvgIpc) is 2.17. The van der Waals surface area contributed by atoms with Crippen molar-refractivity contribution in [1.29, 1.82) is 0 Å². The standard InChI is InChI=1S/C13H23NO2/c1-9(15)10-5-7-11(8-6-10)14-12(16)13(2,3)4/h10-11H,5-8H2,1-4H3,(H,14,16)/t10-,11-. The Bertz CT molecular complexity index is 270. The molecule has 0 atom stereocenters. The number of rotatable bonds is 2. The zero-order valence-corrected chi connectivity index (χ0v) is 10.8. The third-order valence-corrected chi connectivity index (χ3v) is 3.32. The quantitative estimate of drug-likeness (QED) is 0.783. The van der Waals surface area contributed by atoms with Gasteiger partial charge in [0, 0.05) is 17.4 Å². The van der Waals surface area contributed by atoms with Crippen LogP contribution in [0.15, 0.2) is 0 Å². The Morgan fingerprint density at radius 1 is 1.06 bits per heavy atom. The van der Waals surface area contributed by atoms with Gasteiger partial charge in [-0.2, -0.15) is 0 Å². The summed E-state index contributed by atoms with van der Waals surface area (Å²) < 4.78 is 0. The number of Topliss-reactive ketones (excluding diaryl/α,β-unsaturated/α-hetero) is 1. The number of carbonyl (C=O) groups is 2. The minimum Gasteiger partial charge on any atom is -0.353 e. The fourth-order valence-electron chi connectivity index (χ4n) is 2.05. The Hall–Kier alpha value is -0.860. The molecule has 1 saturated carbocycles. The maximum absolute atomic E-state index is 11.8. The lowest BCUT2D eigenvalue weighted by atomic mass is 9.83. The van der Waals surface area contributed by atoms with Crippen LogP contribution in [0.1, 0.15) is 53.4 Å². The van der Waals surface area contributed by atoms with Crippen LogP contribution in [-0.4, -0.2) is 17.7 Å². The molecular formula is C13H23NO2. The molecule has 0 aromatic carbocycles. The van der Waals surface area contributed by atoms with Crippen molar-refractivity contribution in [3.8, 4) is 0 Å². The van der Waals surface area contributed by atoms with Crippen LogP contribution in [0.3, 0.4) is 0 Å². The van der Waals surface area contributed by atoms with Crippen molar-refractivity contribution in [2.45, 2.75) is 59.4 Å². The van der Waals surface area contributed by atoms with Crippen molar-refractivity contribution in [2.24, 2.45) is 11.3 Å². The normalized spacial score (nSPS) is 26.2. The molecule has 0 spiro atoms. The lowest BCUT2D eigenvalue weighted by Gasteiger charge is -2.30. The fourth-order valence-corrected chi connectivity index (χ4v) is 2.05. The van der Waals surface area contributed by atoms with E-state index in [0.29, 0.717) is 5.78 Å². The van der Waals surface area contributed by atoms with E-state index in [9.17, 15) is 9.59 Å². The maximum atomic E-state index is 11.8. The Labute approximate surface area is 98.0 Å². The van der Waals surface area contributed by atoms with Gasteiger partial charge >= 0.3 is 0 Å². The Kier molecular flexibility index (Phi) is 4.11. The predicted octanol–water partition coefficient (Wildman–Crippen LogP) is 2.30. The minimum absolute atomic E-state index is 0.110. The molecule has 1 rings (SSSR count). The van der Waals surface area contributed by atoms with Gasteiger partial charge in [-0.1, -0.05) is 20.8 Å². The van der Waals surface area contributed by atoms with Crippen LogP contribution in [0.5, 0.6) is 0 Å². The molecule has 0 aromatic heterocycles. The second-order valence-electron chi connectivity index (χ2n) is 5.88. The van der Waals surface area contributed by atoms with Crippen molar-refractivity contribution in [3.63, 3.8) is 0 Å². The van der Waals surface area contributed by atoms with Crippen LogP contribution in [0.4, 0.5) is 0 Å². The number of ketones is 1. The van der Waals surface area contributed by atoms with Crippen molar-refractivity contribution in [1.82, 2.24) is 5.32 Å². The average molecular weight is 225 g/mol. The molecular weight excluding hydrogens is 202 g/mol. The van der Waals surface area contributed by atoms with Gasteiger partial charge in [0.15, 0.2) is 0 Å². The third kappa shape index (κ3) is 3.62. The summed E-state index contributed by atoms with van der Waals surface area (Å²) in [5, 5.41) is 3.07. The summed E-state index contributed by atoms with van der Waals surface area (Å²) in [6.07, 6.45) is 3.72. The monoisotopic (exact) mass is 225 g/mol. The molecule has 0 radical (unpaired) electrons. The lowest BCUT2D eigenvalue weighted by Crippen LogP contribution is -2.43. The van der Waals surface area contributed by atoms with E-state index in [-0.39, 0.29) is 23.3 Å². The molecule has 0 unspecified atom stereocenters. The van der Waals surface area contributed by atoms with Gasteiger partial charge in [0.05, 0.1) is 0 Å². The first-order valence-electron chi connectivity index (χ1n) is 6.12. The fraction of sp³-hybridized carbons (Fsp3) is 0.846. The second-order valence-corrected chi connectivity index (χ2v) is 5.88. The van der Waals surface area contributed by atoms with E-state index in [1.165, 1.54) is 0 Å². The van der Waals surface area contributed by atoms with Crippen molar-refractivity contribution < 1.29 is 9.59 Å². The number of hydrogen-bond donors (Lipinski definition) is 1. The molecule has 1 aliphatic rings. The molecule has 92 valence electrons. The summed E-state index contributed by atoms with van der Waals surface area (Å²) in [5.74, 6) is 0.627. The molecule has 1 aliphatic carbocycles. The van der Waals surface area contributed by atoms with E-state index < -0.39 is 0 Å². The molecule has 0 aromatic rings. The van der Waals surface area contributed by atoms with Crippen LogP contribution in [0.2, 0.25) is 0 Å². The highest BCUT2D eigenvalue weighted by Crippen LogP contribution is 2.25. The van der Waals surface area contributed by atoms with Crippen molar-refractivity contribution >= 4 is 11.7 Å².